The van der Waals surface area contributed by atoms with E-state index in [1.165, 1.54) is 0 Å². The highest BCUT2D eigenvalue weighted by molar-refractivity contribution is 5.97. The van der Waals surface area contributed by atoms with Gasteiger partial charge in [-0.15, -0.1) is 0 Å². The predicted octanol–water partition coefficient (Wildman–Crippen LogP) is 0.516. The van der Waals surface area contributed by atoms with Gasteiger partial charge in [0.05, 0.1) is 6.54 Å². The second-order valence-electron chi connectivity index (χ2n) is 4.13. The van der Waals surface area contributed by atoms with Crippen LogP contribution >= 0.6 is 0 Å². The Morgan fingerprint density at radius 3 is 1.86 bits per heavy atom. The fourth-order valence-corrected chi connectivity index (χ4v) is 1.65. The second-order valence-corrected chi connectivity index (χ2v) is 4.13. The third-order valence-corrected chi connectivity index (χ3v) is 2.19. The van der Waals surface area contributed by atoms with E-state index in [-0.39, 0.29) is 30.2 Å². The molecule has 0 aromatic heterocycles. The lowest BCUT2D eigenvalue weighted by molar-refractivity contribution is -0.134. The van der Waals surface area contributed by atoms with Crippen molar-refractivity contribution in [2.24, 2.45) is 23.5 Å². The number of rotatable bonds is 4. The molecule has 3 N–H and O–H groups in total. The molecule has 0 fully saturated rings. The molecule has 0 radical (unpaired) electrons. The molecule has 0 aromatic rings. The molecule has 0 bridgehead atoms. The van der Waals surface area contributed by atoms with Crippen molar-refractivity contribution in [3.8, 4) is 0 Å². The summed E-state index contributed by atoms with van der Waals surface area (Å²) in [6.45, 7) is 7.73. The van der Waals surface area contributed by atoms with Crippen LogP contribution in [0.2, 0.25) is 0 Å². The van der Waals surface area contributed by atoms with Gasteiger partial charge in [-0.3, -0.25) is 14.9 Å². The van der Waals surface area contributed by atoms with Gasteiger partial charge in [0.2, 0.25) is 11.8 Å². The first-order chi connectivity index (χ1) is 6.40. The molecule has 0 aromatic carbocycles. The number of hydrogen-bond acceptors (Lipinski definition) is 3. The van der Waals surface area contributed by atoms with Gasteiger partial charge in [-0.25, -0.2) is 0 Å². The fraction of sp³-hybridized carbons (Fsp3) is 0.800. The molecule has 0 rings (SSSR count). The Labute approximate surface area is 85.2 Å². The summed E-state index contributed by atoms with van der Waals surface area (Å²) < 4.78 is 0. The molecule has 4 nitrogen and oxygen atoms in total. The van der Waals surface area contributed by atoms with Crippen LogP contribution in [0.25, 0.3) is 0 Å². The number of nitrogens with one attached hydrogen (secondary N) is 1. The molecule has 4 heteroatoms. The molecule has 0 saturated carbocycles. The molecule has 0 heterocycles. The van der Waals surface area contributed by atoms with Gasteiger partial charge in [0.25, 0.3) is 0 Å². The normalized spacial score (nSPS) is 11.1. The van der Waals surface area contributed by atoms with Crippen molar-refractivity contribution in [2.75, 3.05) is 6.54 Å². The maximum atomic E-state index is 11.6. The van der Waals surface area contributed by atoms with E-state index >= 15 is 0 Å². The van der Waals surface area contributed by atoms with Crippen molar-refractivity contribution >= 4 is 11.8 Å². The average Bonchev–Trinajstić information content (AvgIpc) is 2.02. The van der Waals surface area contributed by atoms with E-state index in [0.29, 0.717) is 0 Å². The SMILES string of the molecule is CC(C)C(C(=O)NC(=O)CN)C(C)C. The van der Waals surface area contributed by atoms with Crippen molar-refractivity contribution in [3.63, 3.8) is 0 Å². The number of hydrogen-bond donors (Lipinski definition) is 2. The molecule has 0 unspecified atom stereocenters. The summed E-state index contributed by atoms with van der Waals surface area (Å²) in [5.41, 5.74) is 5.11. The van der Waals surface area contributed by atoms with E-state index in [4.69, 9.17) is 5.73 Å². The number of nitrogens with two attached hydrogens (primary N) is 1. The molecular formula is C10H20N2O2. The van der Waals surface area contributed by atoms with Crippen LogP contribution in [0.1, 0.15) is 27.7 Å². The van der Waals surface area contributed by atoms with Crippen LogP contribution < -0.4 is 11.1 Å². The van der Waals surface area contributed by atoms with Gasteiger partial charge in [0, 0.05) is 5.92 Å². The summed E-state index contributed by atoms with van der Waals surface area (Å²) in [6.07, 6.45) is 0. The molecule has 82 valence electrons. The third-order valence-electron chi connectivity index (χ3n) is 2.19. The highest BCUT2D eigenvalue weighted by Crippen LogP contribution is 2.20. The van der Waals surface area contributed by atoms with Crippen LogP contribution in [0.3, 0.4) is 0 Å². The van der Waals surface area contributed by atoms with Crippen LogP contribution in [0.15, 0.2) is 0 Å². The molecule has 0 aliphatic carbocycles. The van der Waals surface area contributed by atoms with Gasteiger partial charge in [-0.05, 0) is 11.8 Å². The molecular weight excluding hydrogens is 180 g/mol. The number of carbonyl (C=O) groups excluding carboxylic acids is 2. The van der Waals surface area contributed by atoms with E-state index in [0.717, 1.165) is 0 Å². The zero-order valence-electron chi connectivity index (χ0n) is 9.33. The Kier molecular flexibility index (Phi) is 5.38. The molecule has 0 aliphatic rings. The largest absolute Gasteiger partial charge is 0.322 e. The van der Waals surface area contributed by atoms with Gasteiger partial charge in [0.1, 0.15) is 0 Å². The molecule has 2 amide bonds. The quantitative estimate of drug-likeness (QED) is 0.694. The van der Waals surface area contributed by atoms with Crippen LogP contribution in [-0.2, 0) is 9.59 Å². The summed E-state index contributed by atoms with van der Waals surface area (Å²) in [6, 6.07) is 0. The average molecular weight is 200 g/mol. The Morgan fingerprint density at radius 2 is 1.57 bits per heavy atom. The maximum absolute atomic E-state index is 11.6. The van der Waals surface area contributed by atoms with Crippen molar-refractivity contribution in [1.82, 2.24) is 5.32 Å². The van der Waals surface area contributed by atoms with Crippen LogP contribution in [-0.4, -0.2) is 18.4 Å². The summed E-state index contributed by atoms with van der Waals surface area (Å²) in [4.78, 5) is 22.5. The van der Waals surface area contributed by atoms with Crippen LogP contribution in [0.5, 0.6) is 0 Å². The first-order valence-corrected chi connectivity index (χ1v) is 4.93. The van der Waals surface area contributed by atoms with Gasteiger partial charge in [0.15, 0.2) is 0 Å². The van der Waals surface area contributed by atoms with Crippen LogP contribution in [0, 0.1) is 17.8 Å². The second kappa shape index (κ2) is 5.75. The monoisotopic (exact) mass is 200 g/mol. The zero-order chi connectivity index (χ0) is 11.3. The lowest BCUT2D eigenvalue weighted by atomic mass is 9.85. The Balaban J connectivity index is 4.38. The summed E-state index contributed by atoms with van der Waals surface area (Å²) in [5, 5.41) is 2.29. The van der Waals surface area contributed by atoms with Crippen molar-refractivity contribution in [2.45, 2.75) is 27.7 Å². The predicted molar refractivity (Wildman–Crippen MR) is 55.4 cm³/mol. The van der Waals surface area contributed by atoms with Crippen molar-refractivity contribution in [3.05, 3.63) is 0 Å². The van der Waals surface area contributed by atoms with Crippen molar-refractivity contribution < 1.29 is 9.59 Å². The lowest BCUT2D eigenvalue weighted by Gasteiger charge is -2.23. The number of amides is 2. The minimum absolute atomic E-state index is 0.134. The maximum Gasteiger partial charge on any atom is 0.240 e. The Hall–Kier alpha value is -0.900. The van der Waals surface area contributed by atoms with Gasteiger partial charge in [-0.2, -0.15) is 0 Å². The molecule has 0 saturated heterocycles. The van der Waals surface area contributed by atoms with E-state index in [1.807, 2.05) is 27.7 Å². The van der Waals surface area contributed by atoms with E-state index in [2.05, 4.69) is 5.32 Å². The van der Waals surface area contributed by atoms with Crippen molar-refractivity contribution in [1.29, 1.82) is 0 Å². The Morgan fingerprint density at radius 1 is 1.14 bits per heavy atom. The molecule has 0 atom stereocenters. The summed E-state index contributed by atoms with van der Waals surface area (Å²) in [7, 11) is 0. The lowest BCUT2D eigenvalue weighted by Crippen LogP contribution is -2.42. The summed E-state index contributed by atoms with van der Waals surface area (Å²) >= 11 is 0. The van der Waals surface area contributed by atoms with E-state index in [9.17, 15) is 9.59 Å². The fourth-order valence-electron chi connectivity index (χ4n) is 1.65. The third kappa shape index (κ3) is 3.87. The van der Waals surface area contributed by atoms with Crippen LogP contribution in [0.4, 0.5) is 0 Å². The first kappa shape index (κ1) is 13.1. The minimum Gasteiger partial charge on any atom is -0.322 e. The highest BCUT2D eigenvalue weighted by atomic mass is 16.2. The highest BCUT2D eigenvalue weighted by Gasteiger charge is 2.26. The molecule has 0 aliphatic heterocycles. The standard InChI is InChI=1S/C10H20N2O2/c1-6(2)9(7(3)4)10(14)12-8(13)5-11/h6-7,9H,5,11H2,1-4H3,(H,12,13,14). The van der Waals surface area contributed by atoms with Gasteiger partial charge in [-0.1, -0.05) is 27.7 Å². The molecule has 0 spiro atoms. The van der Waals surface area contributed by atoms with Gasteiger partial charge < -0.3 is 5.73 Å². The van der Waals surface area contributed by atoms with E-state index < -0.39 is 5.91 Å². The number of carbonyl (C=O) groups is 2. The topological polar surface area (TPSA) is 72.2 Å². The van der Waals surface area contributed by atoms with Gasteiger partial charge >= 0.3 is 0 Å². The Bertz CT molecular complexity index is 204. The smallest absolute Gasteiger partial charge is 0.240 e. The van der Waals surface area contributed by atoms with E-state index in [1.54, 1.807) is 0 Å². The number of imide groups is 1. The molecule has 14 heavy (non-hydrogen) atoms. The summed E-state index contributed by atoms with van der Waals surface area (Å²) in [5.74, 6) is -0.321. The zero-order valence-corrected chi connectivity index (χ0v) is 9.33. The minimum atomic E-state index is -0.415. The first-order valence-electron chi connectivity index (χ1n) is 4.93.